The summed E-state index contributed by atoms with van der Waals surface area (Å²) < 4.78 is 19.1. The third-order valence-corrected chi connectivity index (χ3v) is 5.08. The molecule has 2 aliphatic rings. The number of aryl methyl sites for hydroxylation is 1. The number of aromatic nitrogens is 3. The van der Waals surface area contributed by atoms with E-state index in [0.29, 0.717) is 45.0 Å². The van der Waals surface area contributed by atoms with Crippen molar-refractivity contribution in [1.82, 2.24) is 24.6 Å². The number of ether oxygens (including phenoxy) is 3. The summed E-state index contributed by atoms with van der Waals surface area (Å²) in [6.45, 7) is 3.85. The van der Waals surface area contributed by atoms with Crippen LogP contribution in [0.25, 0.3) is 0 Å². The van der Waals surface area contributed by atoms with Crippen molar-refractivity contribution in [2.75, 3.05) is 46.5 Å². The summed E-state index contributed by atoms with van der Waals surface area (Å²) in [6, 6.07) is 3.76. The van der Waals surface area contributed by atoms with Crippen LogP contribution < -0.4 is 4.74 Å². The second-order valence-corrected chi connectivity index (χ2v) is 7.10. The number of carbonyl (C=O) groups is 1. The Bertz CT molecular complexity index is 837. The molecule has 0 saturated carbocycles. The lowest BCUT2D eigenvalue weighted by atomic mass is 10.1. The van der Waals surface area contributed by atoms with Gasteiger partial charge in [-0.3, -0.25) is 19.4 Å². The van der Waals surface area contributed by atoms with Crippen LogP contribution >= 0.6 is 0 Å². The van der Waals surface area contributed by atoms with Gasteiger partial charge in [0.2, 0.25) is 0 Å². The zero-order valence-electron chi connectivity index (χ0n) is 16.2. The fourth-order valence-corrected chi connectivity index (χ4v) is 3.73. The van der Waals surface area contributed by atoms with Gasteiger partial charge in [0.1, 0.15) is 5.75 Å². The Morgan fingerprint density at radius 1 is 1.29 bits per heavy atom. The highest BCUT2D eigenvalue weighted by Crippen LogP contribution is 2.27. The molecule has 0 radical (unpaired) electrons. The minimum Gasteiger partial charge on any atom is -0.495 e. The van der Waals surface area contributed by atoms with Crippen molar-refractivity contribution < 1.29 is 19.0 Å². The summed E-state index contributed by atoms with van der Waals surface area (Å²) in [5, 5.41) is 4.09. The van der Waals surface area contributed by atoms with Crippen LogP contribution in [0.5, 0.6) is 5.75 Å². The number of amides is 1. The molecule has 9 nitrogen and oxygen atoms in total. The highest BCUT2D eigenvalue weighted by molar-refractivity contribution is 5.93. The van der Waals surface area contributed by atoms with Gasteiger partial charge in [0.15, 0.2) is 5.79 Å². The largest absolute Gasteiger partial charge is 0.495 e. The molecule has 1 spiro atoms. The lowest BCUT2D eigenvalue weighted by Crippen LogP contribution is -2.62. The van der Waals surface area contributed by atoms with Gasteiger partial charge in [-0.1, -0.05) is 0 Å². The second kappa shape index (κ2) is 7.86. The molecule has 9 heteroatoms. The van der Waals surface area contributed by atoms with Crippen LogP contribution in [0.3, 0.4) is 0 Å². The average molecular weight is 387 g/mol. The normalized spacial score (nSPS) is 23.1. The molecule has 0 bridgehead atoms. The monoisotopic (exact) mass is 387 g/mol. The van der Waals surface area contributed by atoms with E-state index in [4.69, 9.17) is 14.2 Å². The number of rotatable bonds is 4. The first-order chi connectivity index (χ1) is 13.6. The Kier molecular flexibility index (Phi) is 5.29. The predicted molar refractivity (Wildman–Crippen MR) is 99.8 cm³/mol. The lowest BCUT2D eigenvalue weighted by molar-refractivity contribution is -0.287. The van der Waals surface area contributed by atoms with Gasteiger partial charge >= 0.3 is 0 Å². The van der Waals surface area contributed by atoms with Crippen LogP contribution in [-0.4, -0.2) is 82.8 Å². The molecule has 2 aromatic rings. The first kappa shape index (κ1) is 18.9. The van der Waals surface area contributed by atoms with Gasteiger partial charge in [-0.25, -0.2) is 0 Å². The van der Waals surface area contributed by atoms with Gasteiger partial charge in [-0.05, 0) is 12.1 Å². The highest BCUT2D eigenvalue weighted by Gasteiger charge is 2.43. The first-order valence-corrected chi connectivity index (χ1v) is 9.35. The van der Waals surface area contributed by atoms with Crippen LogP contribution in [-0.2, 0) is 23.1 Å². The van der Waals surface area contributed by atoms with Crippen LogP contribution in [0.15, 0.2) is 30.7 Å². The molecule has 2 aromatic heterocycles. The summed E-state index contributed by atoms with van der Waals surface area (Å²) in [4.78, 5) is 21.3. The van der Waals surface area contributed by atoms with Crippen molar-refractivity contribution in [3.05, 3.63) is 42.0 Å². The highest BCUT2D eigenvalue weighted by atomic mass is 16.7. The molecular formula is C19H25N5O4. The number of morpholine rings is 2. The quantitative estimate of drug-likeness (QED) is 0.757. The van der Waals surface area contributed by atoms with Gasteiger partial charge < -0.3 is 19.1 Å². The van der Waals surface area contributed by atoms with Crippen molar-refractivity contribution >= 4 is 5.91 Å². The third-order valence-electron chi connectivity index (χ3n) is 5.08. The summed E-state index contributed by atoms with van der Waals surface area (Å²) >= 11 is 0. The van der Waals surface area contributed by atoms with Gasteiger partial charge in [-0.15, -0.1) is 0 Å². The van der Waals surface area contributed by atoms with Crippen LogP contribution in [0, 0.1) is 0 Å². The zero-order chi connectivity index (χ0) is 19.6. The maximum atomic E-state index is 12.8. The number of nitrogens with zero attached hydrogens (tertiary/aromatic N) is 5. The standard InChI is InChI=1S/C19H25N5O4/c1-22-11-15(10-21-22)18(25)24-7-9-28-19(14-24)13-23(6-8-27-19)12-16-17(26-2)4-3-5-20-16/h3-5,10-11H,6-9,12-14H2,1-2H3. The molecule has 0 N–H and O–H groups in total. The van der Waals surface area contributed by atoms with E-state index in [-0.39, 0.29) is 5.91 Å². The summed E-state index contributed by atoms with van der Waals surface area (Å²) in [7, 11) is 3.44. The van der Waals surface area contributed by atoms with Gasteiger partial charge in [0.25, 0.3) is 5.91 Å². The summed E-state index contributed by atoms with van der Waals surface area (Å²) in [5.41, 5.74) is 1.45. The van der Waals surface area contributed by atoms with Crippen molar-refractivity contribution in [2.24, 2.45) is 7.05 Å². The minimum atomic E-state index is -0.823. The molecule has 0 aromatic carbocycles. The van der Waals surface area contributed by atoms with Crippen molar-refractivity contribution in [2.45, 2.75) is 12.3 Å². The Hall–Kier alpha value is -2.49. The molecule has 2 fully saturated rings. The number of hydrogen-bond acceptors (Lipinski definition) is 7. The molecule has 2 saturated heterocycles. The van der Waals surface area contributed by atoms with E-state index in [1.165, 1.54) is 0 Å². The van der Waals surface area contributed by atoms with E-state index in [0.717, 1.165) is 18.0 Å². The van der Waals surface area contributed by atoms with Crippen molar-refractivity contribution in [1.29, 1.82) is 0 Å². The van der Waals surface area contributed by atoms with Crippen molar-refractivity contribution in [3.8, 4) is 5.75 Å². The fourth-order valence-electron chi connectivity index (χ4n) is 3.73. The molecule has 1 unspecified atom stereocenters. The molecule has 28 heavy (non-hydrogen) atoms. The lowest BCUT2D eigenvalue weighted by Gasteiger charge is -2.47. The van der Waals surface area contributed by atoms with E-state index >= 15 is 0 Å². The Morgan fingerprint density at radius 3 is 2.86 bits per heavy atom. The molecule has 1 amide bonds. The topological polar surface area (TPSA) is 82.0 Å². The molecule has 150 valence electrons. The van der Waals surface area contributed by atoms with E-state index in [1.54, 1.807) is 42.3 Å². The van der Waals surface area contributed by atoms with Gasteiger partial charge in [-0.2, -0.15) is 5.10 Å². The van der Waals surface area contributed by atoms with Gasteiger partial charge in [0, 0.05) is 39.1 Å². The SMILES string of the molecule is COc1cccnc1CN1CCOC2(C1)CN(C(=O)c1cnn(C)c1)CCO2. The predicted octanol–water partition coefficient (Wildman–Crippen LogP) is 0.525. The molecule has 4 rings (SSSR count). The van der Waals surface area contributed by atoms with E-state index in [2.05, 4.69) is 15.0 Å². The molecule has 2 aliphatic heterocycles. The van der Waals surface area contributed by atoms with E-state index in [9.17, 15) is 4.79 Å². The Balaban J connectivity index is 1.45. The fraction of sp³-hybridized carbons (Fsp3) is 0.526. The maximum Gasteiger partial charge on any atom is 0.257 e. The molecular weight excluding hydrogens is 362 g/mol. The van der Waals surface area contributed by atoms with Crippen molar-refractivity contribution in [3.63, 3.8) is 0 Å². The molecule has 0 aliphatic carbocycles. The van der Waals surface area contributed by atoms with Crippen LogP contribution in [0.2, 0.25) is 0 Å². The van der Waals surface area contributed by atoms with Crippen LogP contribution in [0.1, 0.15) is 16.1 Å². The average Bonchev–Trinajstić information content (AvgIpc) is 3.14. The van der Waals surface area contributed by atoms with Crippen LogP contribution in [0.4, 0.5) is 0 Å². The number of methoxy groups -OCH3 is 1. The minimum absolute atomic E-state index is 0.0529. The number of pyridine rings is 1. The molecule has 4 heterocycles. The Labute approximate surface area is 163 Å². The number of hydrogen-bond donors (Lipinski definition) is 0. The summed E-state index contributed by atoms with van der Waals surface area (Å²) in [5.74, 6) is -0.111. The Morgan fingerprint density at radius 2 is 2.11 bits per heavy atom. The first-order valence-electron chi connectivity index (χ1n) is 9.35. The molecule has 1 atom stereocenters. The smallest absolute Gasteiger partial charge is 0.257 e. The van der Waals surface area contributed by atoms with E-state index in [1.807, 2.05) is 12.1 Å². The zero-order valence-corrected chi connectivity index (χ0v) is 16.2. The third kappa shape index (κ3) is 3.87. The second-order valence-electron chi connectivity index (χ2n) is 7.10. The maximum absolute atomic E-state index is 12.8. The number of carbonyl (C=O) groups excluding carboxylic acids is 1. The van der Waals surface area contributed by atoms with Gasteiger partial charge in [0.05, 0.1) is 50.9 Å². The summed E-state index contributed by atoms with van der Waals surface area (Å²) in [6.07, 6.45) is 5.08. The van der Waals surface area contributed by atoms with E-state index < -0.39 is 5.79 Å².